The summed E-state index contributed by atoms with van der Waals surface area (Å²) in [6.07, 6.45) is 0.270. The molecular weight excluding hydrogens is 584 g/mol. The summed E-state index contributed by atoms with van der Waals surface area (Å²) in [5.41, 5.74) is 0.605. The van der Waals surface area contributed by atoms with Gasteiger partial charge in [-0.1, -0.05) is 38.1 Å². The number of anilines is 2. The van der Waals surface area contributed by atoms with E-state index in [9.17, 15) is 18.3 Å². The first-order valence-electron chi connectivity index (χ1n) is 14.1. The highest BCUT2D eigenvalue weighted by atomic mass is 32.2. The molecule has 12 heteroatoms. The number of hydrogen-bond acceptors (Lipinski definition) is 8. The first kappa shape index (κ1) is 29.5. The molecule has 0 bridgehead atoms. The average molecular weight is 615 g/mol. The van der Waals surface area contributed by atoms with Crippen molar-refractivity contribution in [2.75, 3.05) is 16.0 Å². The number of aryl methyl sites for hydroxylation is 2. The van der Waals surface area contributed by atoms with Crippen molar-refractivity contribution >= 4 is 40.4 Å². The quantitative estimate of drug-likeness (QED) is 0.242. The van der Waals surface area contributed by atoms with Crippen molar-refractivity contribution in [3.05, 3.63) is 100.0 Å². The van der Waals surface area contributed by atoms with Gasteiger partial charge in [0.25, 0.3) is 5.91 Å². The smallest absolute Gasteiger partial charge is 0.281 e. The van der Waals surface area contributed by atoms with E-state index in [0.717, 1.165) is 5.46 Å². The molecule has 2 aliphatic heterocycles. The zero-order valence-corrected chi connectivity index (χ0v) is 25.8. The molecule has 44 heavy (non-hydrogen) atoms. The molecule has 1 unspecified atom stereocenters. The van der Waals surface area contributed by atoms with Crippen LogP contribution in [0, 0.1) is 25.1 Å². The van der Waals surface area contributed by atoms with E-state index in [1.807, 2.05) is 33.8 Å². The van der Waals surface area contributed by atoms with E-state index in [1.165, 1.54) is 29.2 Å². The molecule has 0 aliphatic carbocycles. The molecule has 9 nitrogen and oxygen atoms in total. The minimum Gasteiger partial charge on any atom is -0.506 e. The summed E-state index contributed by atoms with van der Waals surface area (Å²) in [4.78, 5) is 19.8. The van der Waals surface area contributed by atoms with Crippen LogP contribution in [0.3, 0.4) is 0 Å². The number of oxazole rings is 1. The van der Waals surface area contributed by atoms with Crippen LogP contribution in [-0.4, -0.2) is 38.0 Å². The van der Waals surface area contributed by atoms with Crippen molar-refractivity contribution in [2.45, 2.75) is 40.2 Å². The number of carbonyl (C=O) groups is 1. The fourth-order valence-electron chi connectivity index (χ4n) is 6.04. The summed E-state index contributed by atoms with van der Waals surface area (Å²) in [5.74, 6) is -0.722. The second kappa shape index (κ2) is 10.5. The maximum absolute atomic E-state index is 16.4. The van der Waals surface area contributed by atoms with Gasteiger partial charge in [-0.25, -0.2) is 17.8 Å². The molecule has 6 rings (SSSR count). The van der Waals surface area contributed by atoms with Crippen LogP contribution >= 0.6 is 0 Å². The van der Waals surface area contributed by atoms with Gasteiger partial charge in [0.1, 0.15) is 48.4 Å². The summed E-state index contributed by atoms with van der Waals surface area (Å²) in [5, 5.41) is 14.1. The molecule has 0 spiro atoms. The van der Waals surface area contributed by atoms with E-state index in [1.54, 1.807) is 38.1 Å². The lowest BCUT2D eigenvalue weighted by atomic mass is 9.88. The third-order valence-electron chi connectivity index (χ3n) is 7.84. The van der Waals surface area contributed by atoms with E-state index in [0.29, 0.717) is 5.75 Å². The Morgan fingerprint density at radius 2 is 1.91 bits per heavy atom. The fraction of sp³-hybridized carbons (Fsp3) is 0.250. The number of hydrogen-bond donors (Lipinski definition) is 2. The number of sulfone groups is 1. The van der Waals surface area contributed by atoms with E-state index >= 15 is 4.39 Å². The van der Waals surface area contributed by atoms with Gasteiger partial charge in [-0.15, -0.1) is 0 Å². The predicted molar refractivity (Wildman–Crippen MR) is 168 cm³/mol. The number of aromatic hydroxyl groups is 1. The molecule has 1 atom stereocenters. The van der Waals surface area contributed by atoms with Gasteiger partial charge < -0.3 is 19.6 Å². The number of amides is 1. The number of allylic oxidation sites excluding steroid dienone is 1. The lowest BCUT2D eigenvalue weighted by Crippen LogP contribution is -2.41. The molecule has 4 aromatic rings. The first-order valence-corrected chi connectivity index (χ1v) is 15.8. The maximum Gasteiger partial charge on any atom is 0.281 e. The molecule has 0 saturated heterocycles. The number of aromatic nitrogens is 1. The van der Waals surface area contributed by atoms with Crippen LogP contribution in [0.5, 0.6) is 17.2 Å². The van der Waals surface area contributed by atoms with Crippen molar-refractivity contribution in [1.29, 1.82) is 0 Å². The molecule has 0 radical (unpaired) electrons. The molecular formula is C32H31BFN3O6S. The minimum absolute atomic E-state index is 0.0562. The van der Waals surface area contributed by atoms with Crippen molar-refractivity contribution in [2.24, 2.45) is 5.41 Å². The van der Waals surface area contributed by atoms with Crippen LogP contribution in [0.2, 0.25) is 0 Å². The number of ether oxygens (including phenoxy) is 1. The van der Waals surface area contributed by atoms with Gasteiger partial charge in [0.2, 0.25) is 0 Å². The van der Waals surface area contributed by atoms with Crippen LogP contribution in [-0.2, 0) is 9.84 Å². The van der Waals surface area contributed by atoms with Gasteiger partial charge in [-0.3, -0.25) is 9.69 Å². The minimum atomic E-state index is -4.08. The Balaban J connectivity index is 1.61. The molecule has 0 fully saturated rings. The topological polar surface area (TPSA) is 122 Å². The molecule has 0 saturated carbocycles. The van der Waals surface area contributed by atoms with Crippen molar-refractivity contribution in [3.8, 4) is 17.2 Å². The van der Waals surface area contributed by atoms with Gasteiger partial charge in [-0.2, -0.15) is 0 Å². The highest BCUT2D eigenvalue weighted by Gasteiger charge is 2.48. The number of nitrogens with zero attached hydrogens (tertiary/aromatic N) is 2. The summed E-state index contributed by atoms with van der Waals surface area (Å²) >= 11 is 0. The van der Waals surface area contributed by atoms with E-state index in [4.69, 9.17) is 9.15 Å². The summed E-state index contributed by atoms with van der Waals surface area (Å²) in [7, 11) is -2.21. The van der Waals surface area contributed by atoms with Gasteiger partial charge in [-0.05, 0) is 54.6 Å². The Hall–Kier alpha value is -4.58. The van der Waals surface area contributed by atoms with E-state index in [-0.39, 0.29) is 68.6 Å². The number of halogens is 1. The SMILES string of the molecule is Bc1ccccc1Oc1ccc(C2C3=C(CC(C)(C)CS3(=O)=O)Nc3c(O)cccc3N2C(=O)c2nc(C)oc2C)c(F)c1. The third-order valence-corrected chi connectivity index (χ3v) is 10.1. The normalized spacial score (nSPS) is 18.6. The van der Waals surface area contributed by atoms with E-state index in [2.05, 4.69) is 10.3 Å². The number of benzene rings is 3. The maximum atomic E-state index is 16.4. The van der Waals surface area contributed by atoms with E-state index < -0.39 is 33.0 Å². The molecule has 3 aromatic carbocycles. The fourth-order valence-corrected chi connectivity index (χ4v) is 8.40. The Morgan fingerprint density at radius 3 is 2.59 bits per heavy atom. The highest BCUT2D eigenvalue weighted by Crippen LogP contribution is 2.52. The molecule has 1 aromatic heterocycles. The number of para-hydroxylation sites is 2. The Morgan fingerprint density at radius 1 is 1.16 bits per heavy atom. The standard InChI is InChI=1S/C32H31BFN3O6S/c1-17-27(35-18(2)42-17)31(39)37-24-9-7-10-25(38)28(24)36-23-15-32(3,4)16-44(40,41)30(23)29(37)20-13-12-19(14-22(20)34)43-26-11-6-5-8-21(26)33/h5-14,29,36,38H,15-16,33H2,1-4H3. The van der Waals surface area contributed by atoms with Gasteiger partial charge >= 0.3 is 0 Å². The zero-order valence-electron chi connectivity index (χ0n) is 24.9. The second-order valence-corrected chi connectivity index (χ2v) is 14.0. The zero-order chi connectivity index (χ0) is 31.6. The van der Waals surface area contributed by atoms with Crippen LogP contribution in [0.25, 0.3) is 0 Å². The number of phenols is 1. The highest BCUT2D eigenvalue weighted by molar-refractivity contribution is 7.95. The molecule has 2 aliphatic rings. The van der Waals surface area contributed by atoms with Gasteiger partial charge in [0.05, 0.1) is 16.3 Å². The van der Waals surface area contributed by atoms with Gasteiger partial charge in [0, 0.05) is 24.3 Å². The predicted octanol–water partition coefficient (Wildman–Crippen LogP) is 5.06. The second-order valence-electron chi connectivity index (χ2n) is 12.0. The number of fused-ring (bicyclic) bond motifs is 1. The van der Waals surface area contributed by atoms with Crippen LogP contribution in [0.1, 0.15) is 54.0 Å². The summed E-state index contributed by atoms with van der Waals surface area (Å²) in [6.45, 7) is 6.81. The number of phenolic OH excluding ortho intramolecular Hbond substituents is 1. The van der Waals surface area contributed by atoms with Crippen molar-refractivity contribution in [3.63, 3.8) is 0 Å². The number of rotatable bonds is 4. The average Bonchev–Trinajstić information content (AvgIpc) is 3.19. The van der Waals surface area contributed by atoms with Gasteiger partial charge in [0.15, 0.2) is 21.4 Å². The van der Waals surface area contributed by atoms with Crippen LogP contribution in [0.15, 0.2) is 75.7 Å². The van der Waals surface area contributed by atoms with Crippen molar-refractivity contribution < 1.29 is 31.9 Å². The third kappa shape index (κ3) is 5.13. The Labute approximate surface area is 255 Å². The molecule has 226 valence electrons. The molecule has 1 amide bonds. The van der Waals surface area contributed by atoms with Crippen LogP contribution in [0.4, 0.5) is 15.8 Å². The Kier molecular flexibility index (Phi) is 7.07. The first-order chi connectivity index (χ1) is 20.8. The lowest BCUT2D eigenvalue weighted by Gasteiger charge is -2.37. The number of nitrogens with one attached hydrogen (secondary N) is 1. The lowest BCUT2D eigenvalue weighted by molar-refractivity contribution is 0.0974. The Bertz CT molecular complexity index is 1970. The monoisotopic (exact) mass is 615 g/mol. The largest absolute Gasteiger partial charge is 0.506 e. The molecule has 2 N–H and O–H groups in total. The van der Waals surface area contributed by atoms with Crippen molar-refractivity contribution in [1.82, 2.24) is 4.98 Å². The number of carbonyl (C=O) groups excluding carboxylic acids is 1. The summed E-state index contributed by atoms with van der Waals surface area (Å²) < 4.78 is 56.2. The summed E-state index contributed by atoms with van der Waals surface area (Å²) in [6, 6.07) is 14.5. The molecule has 3 heterocycles. The van der Waals surface area contributed by atoms with Crippen LogP contribution < -0.4 is 20.4 Å².